The van der Waals surface area contributed by atoms with Crippen molar-refractivity contribution >= 4 is 17.5 Å². The Hall–Kier alpha value is -3.07. The van der Waals surface area contributed by atoms with E-state index in [1.165, 1.54) is 0 Å². The molecule has 31 heavy (non-hydrogen) atoms. The van der Waals surface area contributed by atoms with E-state index >= 15 is 0 Å². The molecule has 1 N–H and O–H groups in total. The summed E-state index contributed by atoms with van der Waals surface area (Å²) in [6.45, 7) is 6.64. The van der Waals surface area contributed by atoms with Crippen LogP contribution in [0.2, 0.25) is 0 Å². The average molecular weight is 422 g/mol. The molecule has 164 valence electrons. The van der Waals surface area contributed by atoms with Crippen molar-refractivity contribution in [1.29, 1.82) is 0 Å². The largest absolute Gasteiger partial charge is 0.495 e. The van der Waals surface area contributed by atoms with Crippen molar-refractivity contribution in [3.05, 3.63) is 41.5 Å². The number of rotatable bonds is 6. The van der Waals surface area contributed by atoms with E-state index in [-0.39, 0.29) is 29.7 Å². The third-order valence-corrected chi connectivity index (χ3v) is 5.65. The highest BCUT2D eigenvalue weighted by molar-refractivity contribution is 6.07. The van der Waals surface area contributed by atoms with Crippen molar-refractivity contribution < 1.29 is 14.3 Å². The number of unbranched alkanes of at least 4 members (excludes halogenated alkanes) is 1. The van der Waals surface area contributed by atoms with Crippen LogP contribution in [0.15, 0.2) is 35.5 Å². The Kier molecular flexibility index (Phi) is 7.51. The van der Waals surface area contributed by atoms with Crippen LogP contribution in [-0.2, 0) is 9.59 Å². The summed E-state index contributed by atoms with van der Waals surface area (Å²) in [5.74, 6) is 5.94. The number of allylic oxidation sites excluding steroid dienone is 2. The zero-order valence-electron chi connectivity index (χ0n) is 18.8. The molecular weight excluding hydrogens is 390 g/mol. The lowest BCUT2D eigenvalue weighted by Crippen LogP contribution is -2.47. The van der Waals surface area contributed by atoms with Crippen LogP contribution in [0.5, 0.6) is 5.75 Å². The summed E-state index contributed by atoms with van der Waals surface area (Å²) >= 11 is 0. The van der Waals surface area contributed by atoms with E-state index < -0.39 is 0 Å². The van der Waals surface area contributed by atoms with Gasteiger partial charge >= 0.3 is 0 Å². The number of methoxy groups -OCH3 is 1. The SMILES string of the molecule is CCCCNC(=O)C#Cc1cc(C2=NN(C(C)C)C(=O)[C@@H]3CC=CC[C@H]23)ccc1OC. The Bertz CT molecular complexity index is 952. The molecule has 1 heterocycles. The topological polar surface area (TPSA) is 71.0 Å². The minimum absolute atomic E-state index is 0.0151. The number of hydrazone groups is 1. The predicted octanol–water partition coefficient (Wildman–Crippen LogP) is 3.50. The first-order chi connectivity index (χ1) is 15.0. The van der Waals surface area contributed by atoms with Gasteiger partial charge in [-0.3, -0.25) is 9.59 Å². The van der Waals surface area contributed by atoms with E-state index in [1.54, 1.807) is 12.1 Å². The number of fused-ring (bicyclic) bond motifs is 1. The van der Waals surface area contributed by atoms with Gasteiger partial charge in [0.1, 0.15) is 5.75 Å². The summed E-state index contributed by atoms with van der Waals surface area (Å²) in [4.78, 5) is 24.9. The summed E-state index contributed by atoms with van der Waals surface area (Å²) in [7, 11) is 1.58. The smallest absolute Gasteiger partial charge is 0.296 e. The van der Waals surface area contributed by atoms with Crippen molar-refractivity contribution in [2.75, 3.05) is 13.7 Å². The molecule has 0 fully saturated rings. The fourth-order valence-corrected chi connectivity index (χ4v) is 3.95. The fourth-order valence-electron chi connectivity index (χ4n) is 3.95. The number of ether oxygens (including phenoxy) is 1. The second kappa shape index (κ2) is 10.3. The fraction of sp³-hybridized carbons (Fsp3) is 0.480. The summed E-state index contributed by atoms with van der Waals surface area (Å²) in [6.07, 6.45) is 7.66. The molecule has 0 aromatic heterocycles. The maximum absolute atomic E-state index is 12.9. The molecular formula is C25H31N3O3. The van der Waals surface area contributed by atoms with Gasteiger partial charge in [0.05, 0.1) is 24.3 Å². The molecule has 0 saturated carbocycles. The molecule has 0 radical (unpaired) electrons. The van der Waals surface area contributed by atoms with E-state index in [1.807, 2.05) is 32.0 Å². The molecule has 2 aliphatic rings. The Morgan fingerprint density at radius 2 is 2.03 bits per heavy atom. The van der Waals surface area contributed by atoms with Crippen molar-refractivity contribution in [2.24, 2.45) is 16.9 Å². The van der Waals surface area contributed by atoms with Crippen molar-refractivity contribution in [2.45, 2.75) is 52.5 Å². The van der Waals surface area contributed by atoms with Crippen LogP contribution in [-0.4, -0.2) is 42.2 Å². The van der Waals surface area contributed by atoms with E-state index in [9.17, 15) is 9.59 Å². The summed E-state index contributed by atoms with van der Waals surface area (Å²) in [5.41, 5.74) is 2.42. The average Bonchev–Trinajstić information content (AvgIpc) is 2.78. The van der Waals surface area contributed by atoms with Gasteiger partial charge in [0.15, 0.2) is 0 Å². The van der Waals surface area contributed by atoms with Crippen LogP contribution in [0.4, 0.5) is 0 Å². The van der Waals surface area contributed by atoms with Crippen LogP contribution in [0.1, 0.15) is 57.6 Å². The summed E-state index contributed by atoms with van der Waals surface area (Å²) in [6, 6.07) is 5.70. The van der Waals surface area contributed by atoms with Gasteiger partial charge in [-0.15, -0.1) is 0 Å². The third-order valence-electron chi connectivity index (χ3n) is 5.65. The number of amides is 2. The van der Waals surface area contributed by atoms with Gasteiger partial charge in [0.25, 0.3) is 5.91 Å². The van der Waals surface area contributed by atoms with Gasteiger partial charge < -0.3 is 10.1 Å². The van der Waals surface area contributed by atoms with Gasteiger partial charge in [-0.2, -0.15) is 5.10 Å². The van der Waals surface area contributed by atoms with Crippen LogP contribution >= 0.6 is 0 Å². The van der Waals surface area contributed by atoms with Crippen molar-refractivity contribution in [3.8, 4) is 17.6 Å². The second-order valence-corrected chi connectivity index (χ2v) is 8.19. The maximum atomic E-state index is 12.9. The van der Waals surface area contributed by atoms with Gasteiger partial charge in [-0.1, -0.05) is 31.4 Å². The molecule has 1 aliphatic carbocycles. The monoisotopic (exact) mass is 421 g/mol. The molecule has 2 atom stereocenters. The zero-order chi connectivity index (χ0) is 22.4. The minimum atomic E-state index is -0.301. The second-order valence-electron chi connectivity index (χ2n) is 8.19. The number of hydrogen-bond acceptors (Lipinski definition) is 4. The highest BCUT2D eigenvalue weighted by atomic mass is 16.5. The van der Waals surface area contributed by atoms with E-state index in [0.717, 1.165) is 37.0 Å². The van der Waals surface area contributed by atoms with E-state index in [4.69, 9.17) is 9.84 Å². The number of carbonyl (C=O) groups excluding carboxylic acids is 2. The van der Waals surface area contributed by atoms with Gasteiger partial charge in [0.2, 0.25) is 5.91 Å². The van der Waals surface area contributed by atoms with Crippen molar-refractivity contribution in [1.82, 2.24) is 10.3 Å². The number of hydrogen-bond donors (Lipinski definition) is 1. The highest BCUT2D eigenvalue weighted by Crippen LogP contribution is 2.36. The molecule has 0 unspecified atom stereocenters. The Morgan fingerprint density at radius 3 is 2.71 bits per heavy atom. The van der Waals surface area contributed by atoms with Crippen LogP contribution in [0, 0.1) is 23.7 Å². The molecule has 6 nitrogen and oxygen atoms in total. The molecule has 1 aromatic rings. The predicted molar refractivity (Wildman–Crippen MR) is 122 cm³/mol. The first-order valence-corrected chi connectivity index (χ1v) is 11.0. The molecule has 0 spiro atoms. The standard InChI is InChI=1S/C25H31N3O3/c1-5-6-15-26-23(29)14-12-18-16-19(11-13-22(18)31-4)24-20-9-7-8-10-21(20)25(30)28(27-24)17(2)3/h7-8,11,13,16-17,20-21H,5-6,9-10,15H2,1-4H3,(H,26,29)/t20-,21+/m0/s1. The van der Waals surface area contributed by atoms with Crippen LogP contribution in [0.25, 0.3) is 0 Å². The maximum Gasteiger partial charge on any atom is 0.296 e. The minimum Gasteiger partial charge on any atom is -0.495 e. The first-order valence-electron chi connectivity index (χ1n) is 11.0. The Balaban J connectivity index is 1.95. The third kappa shape index (κ3) is 5.16. The lowest BCUT2D eigenvalue weighted by Gasteiger charge is -2.38. The van der Waals surface area contributed by atoms with E-state index in [0.29, 0.717) is 17.9 Å². The van der Waals surface area contributed by atoms with E-state index in [2.05, 4.69) is 36.2 Å². The number of nitrogens with zero attached hydrogens (tertiary/aromatic N) is 2. The molecule has 2 amide bonds. The molecule has 6 heteroatoms. The molecule has 1 aliphatic heterocycles. The normalized spacial score (nSPS) is 20.0. The first kappa shape index (κ1) is 22.6. The number of nitrogens with one attached hydrogen (secondary N) is 1. The summed E-state index contributed by atoms with van der Waals surface area (Å²) < 4.78 is 5.45. The van der Waals surface area contributed by atoms with Crippen LogP contribution in [0.3, 0.4) is 0 Å². The molecule has 1 aromatic carbocycles. The molecule has 0 bridgehead atoms. The number of carbonyl (C=O) groups is 2. The lowest BCUT2D eigenvalue weighted by molar-refractivity contribution is -0.139. The zero-order valence-corrected chi connectivity index (χ0v) is 18.8. The number of benzene rings is 1. The lowest BCUT2D eigenvalue weighted by atomic mass is 9.76. The van der Waals surface area contributed by atoms with Crippen molar-refractivity contribution in [3.63, 3.8) is 0 Å². The van der Waals surface area contributed by atoms with Gasteiger partial charge in [0, 0.05) is 24.4 Å². The Morgan fingerprint density at radius 1 is 1.29 bits per heavy atom. The van der Waals surface area contributed by atoms with Gasteiger partial charge in [-0.05, 0) is 56.9 Å². The summed E-state index contributed by atoms with van der Waals surface area (Å²) in [5, 5.41) is 9.16. The van der Waals surface area contributed by atoms with Gasteiger partial charge in [-0.25, -0.2) is 5.01 Å². The van der Waals surface area contributed by atoms with Crippen LogP contribution < -0.4 is 10.1 Å². The highest BCUT2D eigenvalue weighted by Gasteiger charge is 2.40. The molecule has 0 saturated heterocycles. The Labute approximate surface area is 184 Å². The quantitative estimate of drug-likeness (QED) is 0.434. The molecule has 3 rings (SSSR count).